The normalized spacial score (nSPS) is 15.7. The van der Waals surface area contributed by atoms with Crippen LogP contribution in [0.15, 0.2) is 24.3 Å². The molecule has 2 aromatic heterocycles. The maximum absolute atomic E-state index is 14.9. The van der Waals surface area contributed by atoms with E-state index >= 15 is 0 Å². The number of aliphatic hydroxyl groups excluding tert-OH is 1. The van der Waals surface area contributed by atoms with Gasteiger partial charge in [-0.05, 0) is 38.8 Å². The van der Waals surface area contributed by atoms with Gasteiger partial charge >= 0.3 is 0 Å². The molecule has 172 valence electrons. The second kappa shape index (κ2) is 8.15. The number of ether oxygens (including phenoxy) is 1. The number of aliphatic hydroxyl groups is 1. The maximum atomic E-state index is 14.9. The highest BCUT2D eigenvalue weighted by molar-refractivity contribution is 5.88. The van der Waals surface area contributed by atoms with Crippen LogP contribution in [-0.4, -0.2) is 33.8 Å². The van der Waals surface area contributed by atoms with Crippen LogP contribution in [0.25, 0.3) is 11.0 Å². The molecule has 1 aromatic carbocycles. The first-order chi connectivity index (χ1) is 15.7. The highest BCUT2D eigenvalue weighted by Gasteiger charge is 2.47. The van der Waals surface area contributed by atoms with Gasteiger partial charge in [0.05, 0.1) is 35.6 Å². The van der Waals surface area contributed by atoms with Crippen molar-refractivity contribution in [2.24, 2.45) is 0 Å². The van der Waals surface area contributed by atoms with Crippen molar-refractivity contribution in [2.75, 3.05) is 19.0 Å². The number of nitriles is 1. The number of aryl methyl sites for hydroxylation is 1. The summed E-state index contributed by atoms with van der Waals surface area (Å²) >= 11 is 0. The van der Waals surface area contributed by atoms with Crippen molar-refractivity contribution in [1.29, 1.82) is 5.26 Å². The van der Waals surface area contributed by atoms with E-state index in [0.717, 1.165) is 6.07 Å². The Kier molecular flexibility index (Phi) is 5.62. The van der Waals surface area contributed by atoms with Crippen molar-refractivity contribution >= 4 is 16.9 Å². The molecular weight excluding hydrogens is 435 g/mol. The number of anilines is 1. The molecule has 1 saturated carbocycles. The molecule has 1 fully saturated rings. The van der Waals surface area contributed by atoms with Gasteiger partial charge in [0, 0.05) is 11.1 Å². The number of pyridine rings is 1. The fourth-order valence-corrected chi connectivity index (χ4v) is 3.86. The number of benzene rings is 1. The molecule has 0 aliphatic heterocycles. The van der Waals surface area contributed by atoms with Crippen LogP contribution >= 0.6 is 0 Å². The topological polar surface area (TPSA) is 104 Å². The predicted octanol–water partition coefficient (Wildman–Crippen LogP) is 4.29. The van der Waals surface area contributed by atoms with E-state index in [1.807, 2.05) is 0 Å². The van der Waals surface area contributed by atoms with E-state index in [2.05, 4.69) is 26.3 Å². The van der Waals surface area contributed by atoms with E-state index in [-0.39, 0.29) is 5.56 Å². The second-order valence-electron chi connectivity index (χ2n) is 8.17. The summed E-state index contributed by atoms with van der Waals surface area (Å²) in [5.41, 5.74) is -0.622. The molecule has 0 radical (unpaired) electrons. The Hall–Kier alpha value is -3.45. The van der Waals surface area contributed by atoms with Gasteiger partial charge in [-0.1, -0.05) is 12.1 Å². The van der Waals surface area contributed by atoms with Crippen molar-refractivity contribution in [3.05, 3.63) is 52.6 Å². The van der Waals surface area contributed by atoms with Crippen molar-refractivity contribution in [2.45, 2.75) is 44.1 Å². The molecule has 1 aliphatic rings. The lowest BCUT2D eigenvalue weighted by Gasteiger charge is -2.21. The summed E-state index contributed by atoms with van der Waals surface area (Å²) in [6.07, 6.45) is 1.35. The molecule has 1 aliphatic carbocycles. The van der Waals surface area contributed by atoms with Crippen molar-refractivity contribution < 1.29 is 23.0 Å². The van der Waals surface area contributed by atoms with E-state index in [1.165, 1.54) is 19.2 Å². The Morgan fingerprint density at radius 1 is 1.30 bits per heavy atom. The molecule has 0 amide bonds. The first kappa shape index (κ1) is 22.7. The summed E-state index contributed by atoms with van der Waals surface area (Å²) in [5.74, 6) is -3.78. The third-order valence-electron chi connectivity index (χ3n) is 5.88. The molecule has 2 N–H and O–H groups in total. The number of hydrogen-bond acceptors (Lipinski definition) is 7. The van der Waals surface area contributed by atoms with Crippen molar-refractivity contribution in [3.63, 3.8) is 0 Å². The van der Waals surface area contributed by atoms with Gasteiger partial charge in [-0.15, -0.1) is 0 Å². The van der Waals surface area contributed by atoms with Crippen LogP contribution < -0.4 is 10.1 Å². The molecule has 1 atom stereocenters. The quantitative estimate of drug-likeness (QED) is 0.545. The van der Waals surface area contributed by atoms with Crippen LogP contribution in [0.2, 0.25) is 0 Å². The standard InChI is InChI=1S/C23H22F3N5O2/c1-12(14-5-4-6-16(18(14)24)23(25,26)11-32)28-19-15-9-17(22(10-27)7-8-22)21(33-3)31-20(15)30-13(2)29-19/h4-6,9,12,32H,7-8,11H2,1-3H3,(H,28,29,30,31)/t12-/m1/s1. The molecule has 4 rings (SSSR count). The lowest BCUT2D eigenvalue weighted by Crippen LogP contribution is -2.22. The SMILES string of the molecule is COc1nc2nc(C)nc(N[C@H](C)c3cccc(C(F)(F)CO)c3F)c2cc1C1(C#N)CC1. The van der Waals surface area contributed by atoms with E-state index in [1.54, 1.807) is 19.9 Å². The minimum atomic E-state index is -3.71. The zero-order valence-corrected chi connectivity index (χ0v) is 18.3. The molecule has 2 heterocycles. The summed E-state index contributed by atoms with van der Waals surface area (Å²) in [7, 11) is 1.47. The van der Waals surface area contributed by atoms with Gasteiger partial charge < -0.3 is 15.2 Å². The molecule has 10 heteroatoms. The van der Waals surface area contributed by atoms with Gasteiger partial charge in [0.1, 0.15) is 24.1 Å². The molecule has 0 saturated heterocycles. The zero-order valence-electron chi connectivity index (χ0n) is 18.3. The summed E-state index contributed by atoms with van der Waals surface area (Å²) in [4.78, 5) is 13.2. The number of methoxy groups -OCH3 is 1. The van der Waals surface area contributed by atoms with E-state index < -0.39 is 35.4 Å². The Morgan fingerprint density at radius 2 is 2.03 bits per heavy atom. The van der Waals surface area contributed by atoms with Crippen molar-refractivity contribution in [1.82, 2.24) is 15.0 Å². The highest BCUT2D eigenvalue weighted by Crippen LogP contribution is 2.51. The summed E-state index contributed by atoms with van der Waals surface area (Å²) in [5, 5.41) is 22.2. The average molecular weight is 457 g/mol. The van der Waals surface area contributed by atoms with Crippen LogP contribution in [0.3, 0.4) is 0 Å². The smallest absolute Gasteiger partial charge is 0.298 e. The number of hydrogen-bond donors (Lipinski definition) is 2. The molecule has 7 nitrogen and oxygen atoms in total. The number of fused-ring (bicyclic) bond motifs is 1. The van der Waals surface area contributed by atoms with Crippen LogP contribution in [0.1, 0.15) is 48.3 Å². The largest absolute Gasteiger partial charge is 0.481 e. The van der Waals surface area contributed by atoms with Gasteiger partial charge in [0.2, 0.25) is 5.88 Å². The molecule has 0 unspecified atom stereocenters. The van der Waals surface area contributed by atoms with Gasteiger partial charge in [0.15, 0.2) is 5.65 Å². The Labute approximate surface area is 188 Å². The fraction of sp³-hybridized carbons (Fsp3) is 0.391. The number of rotatable bonds is 7. The Bertz CT molecular complexity index is 1270. The minimum absolute atomic E-state index is 0.0116. The molecule has 0 bridgehead atoms. The van der Waals surface area contributed by atoms with Gasteiger partial charge in [-0.25, -0.2) is 14.4 Å². The second-order valence-corrected chi connectivity index (χ2v) is 8.17. The van der Waals surface area contributed by atoms with Gasteiger partial charge in [-0.3, -0.25) is 0 Å². The van der Waals surface area contributed by atoms with Crippen LogP contribution in [0, 0.1) is 24.1 Å². The lowest BCUT2D eigenvalue weighted by molar-refractivity contribution is -0.0583. The number of alkyl halides is 2. The number of nitrogens with one attached hydrogen (secondary N) is 1. The first-order valence-electron chi connectivity index (χ1n) is 10.3. The Balaban J connectivity index is 1.79. The van der Waals surface area contributed by atoms with Crippen LogP contribution in [0.4, 0.5) is 19.0 Å². The minimum Gasteiger partial charge on any atom is -0.481 e. The van der Waals surface area contributed by atoms with E-state index in [4.69, 9.17) is 9.84 Å². The zero-order chi connectivity index (χ0) is 24.0. The summed E-state index contributed by atoms with van der Waals surface area (Å²) < 4.78 is 48.3. The Morgan fingerprint density at radius 3 is 2.64 bits per heavy atom. The monoisotopic (exact) mass is 457 g/mol. The maximum Gasteiger partial charge on any atom is 0.298 e. The third kappa shape index (κ3) is 3.93. The third-order valence-corrected chi connectivity index (χ3v) is 5.88. The summed E-state index contributed by atoms with van der Waals surface area (Å²) in [6, 6.07) is 6.96. The first-order valence-corrected chi connectivity index (χ1v) is 10.3. The van der Waals surface area contributed by atoms with E-state index in [0.29, 0.717) is 47.0 Å². The van der Waals surface area contributed by atoms with Crippen LogP contribution in [-0.2, 0) is 11.3 Å². The molecule has 33 heavy (non-hydrogen) atoms. The number of halogens is 3. The van der Waals surface area contributed by atoms with Gasteiger partial charge in [0.25, 0.3) is 5.92 Å². The predicted molar refractivity (Wildman–Crippen MR) is 115 cm³/mol. The fourth-order valence-electron chi connectivity index (χ4n) is 3.86. The lowest BCUT2D eigenvalue weighted by atomic mass is 9.97. The number of aromatic nitrogens is 3. The average Bonchev–Trinajstić information content (AvgIpc) is 3.59. The summed E-state index contributed by atoms with van der Waals surface area (Å²) in [6.45, 7) is 1.78. The number of nitrogens with zero attached hydrogens (tertiary/aromatic N) is 4. The van der Waals surface area contributed by atoms with Crippen LogP contribution in [0.5, 0.6) is 5.88 Å². The van der Waals surface area contributed by atoms with E-state index in [9.17, 15) is 18.4 Å². The molecule has 0 spiro atoms. The van der Waals surface area contributed by atoms with Crippen molar-refractivity contribution in [3.8, 4) is 11.9 Å². The van der Waals surface area contributed by atoms with Gasteiger partial charge in [-0.2, -0.15) is 19.0 Å². The molecule has 3 aromatic rings. The molecular formula is C23H22F3N5O2. The highest BCUT2D eigenvalue weighted by atomic mass is 19.3.